The van der Waals surface area contributed by atoms with Gasteiger partial charge in [0.15, 0.2) is 10.9 Å². The Morgan fingerprint density at radius 3 is 2.65 bits per heavy atom. The van der Waals surface area contributed by atoms with Gasteiger partial charge in [0, 0.05) is 32.4 Å². The second-order valence-corrected chi connectivity index (χ2v) is 6.15. The summed E-state index contributed by atoms with van der Waals surface area (Å²) in [7, 11) is 0. The van der Waals surface area contributed by atoms with Crippen LogP contribution in [0.2, 0.25) is 0 Å². The number of piperazine rings is 1. The van der Waals surface area contributed by atoms with Gasteiger partial charge in [-0.15, -0.1) is 0 Å². The lowest BCUT2D eigenvalue weighted by atomic mass is 10.3. The third kappa shape index (κ3) is 2.10. The molecule has 1 aliphatic heterocycles. The molecule has 1 aliphatic rings. The predicted octanol–water partition coefficient (Wildman–Crippen LogP) is 1.87. The molecule has 0 amide bonds. The highest BCUT2D eigenvalue weighted by molar-refractivity contribution is 7.22. The number of fused-ring (bicyclic) bond motifs is 1. The first-order valence-electron chi connectivity index (χ1n) is 6.38. The first-order valence-corrected chi connectivity index (χ1v) is 7.93. The zero-order valence-electron chi connectivity index (χ0n) is 10.6. The molecule has 0 atom stereocenters. The molecule has 0 radical (unpaired) electrons. The third-order valence-corrected chi connectivity index (χ3v) is 4.97. The van der Waals surface area contributed by atoms with Gasteiger partial charge in [0.05, 0.1) is 28.8 Å². The van der Waals surface area contributed by atoms with Crippen molar-refractivity contribution in [3.05, 3.63) is 24.7 Å². The summed E-state index contributed by atoms with van der Waals surface area (Å²) in [5.41, 5.74) is 0.985. The van der Waals surface area contributed by atoms with E-state index in [1.165, 1.54) is 16.4 Å². The molecule has 0 bridgehead atoms. The molecule has 102 valence electrons. The number of hydrogen-bond acceptors (Lipinski definition) is 8. The number of thiazole rings is 1. The Bertz CT molecular complexity index is 669. The van der Waals surface area contributed by atoms with Crippen LogP contribution in [0.4, 0.5) is 10.9 Å². The lowest BCUT2D eigenvalue weighted by Gasteiger charge is -2.34. The molecular weight excluding hydrogens is 292 g/mol. The molecule has 0 saturated carbocycles. The molecular formula is C12H12N6S2. The average molecular weight is 304 g/mol. The fraction of sp³-hybridized carbons (Fsp3) is 0.333. The van der Waals surface area contributed by atoms with Gasteiger partial charge in [0.25, 0.3) is 0 Å². The first-order chi connectivity index (χ1) is 9.90. The van der Waals surface area contributed by atoms with Crippen LogP contribution < -0.4 is 9.80 Å². The summed E-state index contributed by atoms with van der Waals surface area (Å²) in [6, 6.07) is 2.02. The Hall–Kier alpha value is -1.80. The molecule has 0 unspecified atom stereocenters. The van der Waals surface area contributed by atoms with Gasteiger partial charge in [-0.2, -0.15) is 8.75 Å². The average Bonchev–Trinajstić information content (AvgIpc) is 3.17. The van der Waals surface area contributed by atoms with E-state index in [2.05, 4.69) is 28.5 Å². The molecule has 0 aliphatic carbocycles. The Labute approximate surface area is 124 Å². The number of anilines is 2. The summed E-state index contributed by atoms with van der Waals surface area (Å²) < 4.78 is 9.55. The minimum Gasteiger partial charge on any atom is -0.351 e. The van der Waals surface area contributed by atoms with Crippen molar-refractivity contribution in [2.75, 3.05) is 36.0 Å². The Morgan fingerprint density at radius 1 is 1.05 bits per heavy atom. The van der Waals surface area contributed by atoms with Crippen LogP contribution in [0.15, 0.2) is 24.7 Å². The molecule has 0 aromatic carbocycles. The molecule has 1 saturated heterocycles. The second kappa shape index (κ2) is 4.95. The minimum atomic E-state index is 0.958. The van der Waals surface area contributed by atoms with Crippen molar-refractivity contribution in [2.45, 2.75) is 0 Å². The van der Waals surface area contributed by atoms with Gasteiger partial charge in [0.1, 0.15) is 5.52 Å². The normalized spacial score (nSPS) is 16.0. The van der Waals surface area contributed by atoms with E-state index >= 15 is 0 Å². The molecule has 4 heterocycles. The summed E-state index contributed by atoms with van der Waals surface area (Å²) in [6.45, 7) is 3.84. The van der Waals surface area contributed by atoms with Gasteiger partial charge < -0.3 is 9.80 Å². The summed E-state index contributed by atoms with van der Waals surface area (Å²) in [5.74, 6) is 0.989. The number of rotatable bonds is 2. The van der Waals surface area contributed by atoms with Crippen LogP contribution in [0.5, 0.6) is 0 Å². The van der Waals surface area contributed by atoms with Gasteiger partial charge in [0.2, 0.25) is 0 Å². The lowest BCUT2D eigenvalue weighted by Crippen LogP contribution is -2.46. The van der Waals surface area contributed by atoms with Crippen molar-refractivity contribution in [2.24, 2.45) is 0 Å². The van der Waals surface area contributed by atoms with Crippen molar-refractivity contribution >= 4 is 44.2 Å². The highest BCUT2D eigenvalue weighted by Gasteiger charge is 2.21. The van der Waals surface area contributed by atoms with Gasteiger partial charge in [-0.05, 0) is 6.07 Å². The molecule has 20 heavy (non-hydrogen) atoms. The van der Waals surface area contributed by atoms with Crippen LogP contribution in [0.25, 0.3) is 10.2 Å². The van der Waals surface area contributed by atoms with Crippen molar-refractivity contribution in [3.63, 3.8) is 0 Å². The van der Waals surface area contributed by atoms with E-state index < -0.39 is 0 Å². The molecule has 3 aromatic rings. The SMILES string of the molecule is c1cc2sc(N3CCN(c4cnsn4)CC3)nc2cn1. The van der Waals surface area contributed by atoms with Crippen molar-refractivity contribution in [1.82, 2.24) is 18.7 Å². The largest absolute Gasteiger partial charge is 0.351 e. The van der Waals surface area contributed by atoms with E-state index in [-0.39, 0.29) is 0 Å². The van der Waals surface area contributed by atoms with E-state index in [1.54, 1.807) is 11.3 Å². The van der Waals surface area contributed by atoms with E-state index in [4.69, 9.17) is 0 Å². The molecule has 1 fully saturated rings. The minimum absolute atomic E-state index is 0.958. The van der Waals surface area contributed by atoms with Gasteiger partial charge in [-0.1, -0.05) is 11.3 Å². The zero-order valence-corrected chi connectivity index (χ0v) is 12.3. The number of pyridine rings is 1. The van der Waals surface area contributed by atoms with E-state index in [0.29, 0.717) is 0 Å². The van der Waals surface area contributed by atoms with Gasteiger partial charge in [-0.25, -0.2) is 4.98 Å². The third-order valence-electron chi connectivity index (χ3n) is 3.40. The van der Waals surface area contributed by atoms with E-state index in [0.717, 1.165) is 42.6 Å². The van der Waals surface area contributed by atoms with Crippen molar-refractivity contribution in [1.29, 1.82) is 0 Å². The van der Waals surface area contributed by atoms with Gasteiger partial charge >= 0.3 is 0 Å². The van der Waals surface area contributed by atoms with Crippen LogP contribution >= 0.6 is 23.1 Å². The molecule has 4 rings (SSSR count). The molecule has 0 N–H and O–H groups in total. The Morgan fingerprint density at radius 2 is 1.90 bits per heavy atom. The van der Waals surface area contributed by atoms with Crippen LogP contribution in [0, 0.1) is 0 Å². The van der Waals surface area contributed by atoms with E-state index in [9.17, 15) is 0 Å². The fourth-order valence-electron chi connectivity index (χ4n) is 2.33. The highest BCUT2D eigenvalue weighted by Crippen LogP contribution is 2.29. The lowest BCUT2D eigenvalue weighted by molar-refractivity contribution is 0.648. The first kappa shape index (κ1) is 12.0. The van der Waals surface area contributed by atoms with Crippen LogP contribution in [-0.2, 0) is 0 Å². The van der Waals surface area contributed by atoms with Crippen LogP contribution in [-0.4, -0.2) is 44.9 Å². The molecule has 3 aromatic heterocycles. The van der Waals surface area contributed by atoms with Crippen LogP contribution in [0.3, 0.4) is 0 Å². The van der Waals surface area contributed by atoms with Gasteiger partial charge in [-0.3, -0.25) is 4.98 Å². The highest BCUT2D eigenvalue weighted by atomic mass is 32.1. The topological polar surface area (TPSA) is 58.0 Å². The second-order valence-electron chi connectivity index (χ2n) is 4.58. The summed E-state index contributed by atoms with van der Waals surface area (Å²) in [5, 5.41) is 1.09. The fourth-order valence-corrected chi connectivity index (χ4v) is 3.75. The monoisotopic (exact) mass is 304 g/mol. The summed E-state index contributed by atoms with van der Waals surface area (Å²) >= 11 is 2.99. The van der Waals surface area contributed by atoms with E-state index in [1.807, 2.05) is 24.7 Å². The number of nitrogens with zero attached hydrogens (tertiary/aromatic N) is 6. The zero-order chi connectivity index (χ0) is 13.4. The maximum atomic E-state index is 4.66. The predicted molar refractivity (Wildman–Crippen MR) is 81.8 cm³/mol. The maximum Gasteiger partial charge on any atom is 0.186 e. The Balaban J connectivity index is 1.51. The summed E-state index contributed by atoms with van der Waals surface area (Å²) in [4.78, 5) is 13.4. The molecule has 8 heteroatoms. The maximum absolute atomic E-state index is 4.66. The molecule has 0 spiro atoms. The Kier molecular flexibility index (Phi) is 2.96. The quantitative estimate of drug-likeness (QED) is 0.720. The van der Waals surface area contributed by atoms with Crippen molar-refractivity contribution < 1.29 is 0 Å². The van der Waals surface area contributed by atoms with Crippen molar-refractivity contribution in [3.8, 4) is 0 Å². The van der Waals surface area contributed by atoms with Crippen LogP contribution in [0.1, 0.15) is 0 Å². The standard InChI is InChI=1S/C12H12N6S2/c1-2-13-7-9-10(1)19-12(15-9)18-5-3-17(4-6-18)11-8-14-20-16-11/h1-2,7-8H,3-6H2. The summed E-state index contributed by atoms with van der Waals surface area (Å²) in [6.07, 6.45) is 5.48. The molecule has 6 nitrogen and oxygen atoms in total. The number of hydrogen-bond donors (Lipinski definition) is 0. The smallest absolute Gasteiger partial charge is 0.186 e. The number of aromatic nitrogens is 4.